The molecule has 6 nitrogen and oxygen atoms in total. The normalized spacial score (nSPS) is 17.2. The van der Waals surface area contributed by atoms with E-state index in [4.69, 9.17) is 9.15 Å². The Labute approximate surface area is 159 Å². The maximum Gasteiger partial charge on any atom is 0.240 e. The average Bonchev–Trinajstić information content (AvgIpc) is 3.16. The molecule has 8 heteroatoms. The van der Waals surface area contributed by atoms with E-state index >= 15 is 0 Å². The Bertz CT molecular complexity index is 816. The van der Waals surface area contributed by atoms with Gasteiger partial charge in [0.05, 0.1) is 30.6 Å². The molecule has 1 aliphatic rings. The minimum atomic E-state index is -3.61. The first-order valence-electron chi connectivity index (χ1n) is 8.49. The van der Waals surface area contributed by atoms with Gasteiger partial charge in [0.15, 0.2) is 0 Å². The molecule has 2 heterocycles. The van der Waals surface area contributed by atoms with Crippen molar-refractivity contribution in [3.8, 4) is 5.75 Å². The fraction of sp³-hybridized carbons (Fsp3) is 0.444. The van der Waals surface area contributed by atoms with Crippen molar-refractivity contribution in [2.24, 2.45) is 0 Å². The maximum atomic E-state index is 12.8. The Hall–Kier alpha value is -1.48. The molecule has 0 unspecified atom stereocenters. The molecule has 0 bridgehead atoms. The number of nitrogens with one attached hydrogen (secondary N) is 1. The summed E-state index contributed by atoms with van der Waals surface area (Å²) in [5.41, 5.74) is 1.65. The highest BCUT2D eigenvalue weighted by Gasteiger charge is 2.26. The van der Waals surface area contributed by atoms with Crippen LogP contribution in [0.5, 0.6) is 5.75 Å². The summed E-state index contributed by atoms with van der Waals surface area (Å²) < 4.78 is 38.8. The Morgan fingerprint density at radius 3 is 2.69 bits per heavy atom. The topological polar surface area (TPSA) is 71.8 Å². The lowest BCUT2D eigenvalue weighted by Crippen LogP contribution is -2.42. The van der Waals surface area contributed by atoms with E-state index in [-0.39, 0.29) is 10.9 Å². The van der Waals surface area contributed by atoms with Crippen LogP contribution in [0.2, 0.25) is 0 Å². The van der Waals surface area contributed by atoms with E-state index < -0.39 is 10.0 Å². The highest BCUT2D eigenvalue weighted by Crippen LogP contribution is 2.26. The molecule has 1 saturated heterocycles. The van der Waals surface area contributed by atoms with Crippen LogP contribution in [0.3, 0.4) is 0 Å². The van der Waals surface area contributed by atoms with Crippen molar-refractivity contribution in [3.63, 3.8) is 0 Å². The third-order valence-electron chi connectivity index (χ3n) is 4.55. The third-order valence-corrected chi connectivity index (χ3v) is 7.08. The molecule has 1 atom stereocenters. The van der Waals surface area contributed by atoms with Gasteiger partial charge in [-0.05, 0) is 36.8 Å². The molecule has 1 aromatic carbocycles. The molecule has 2 aromatic rings. The van der Waals surface area contributed by atoms with E-state index in [2.05, 4.69) is 9.62 Å². The number of hydrogen-bond donors (Lipinski definition) is 1. The molecule has 0 amide bonds. The molecule has 142 valence electrons. The van der Waals surface area contributed by atoms with Gasteiger partial charge in [0, 0.05) is 36.7 Å². The second kappa shape index (κ2) is 8.47. The third kappa shape index (κ3) is 4.43. The van der Waals surface area contributed by atoms with Crippen LogP contribution in [0.4, 0.5) is 0 Å². The van der Waals surface area contributed by atoms with Gasteiger partial charge in [0.1, 0.15) is 5.75 Å². The average molecular weight is 397 g/mol. The second-order valence-electron chi connectivity index (χ2n) is 6.20. The van der Waals surface area contributed by atoms with Crippen LogP contribution in [0.25, 0.3) is 0 Å². The summed E-state index contributed by atoms with van der Waals surface area (Å²) in [7, 11) is -2.05. The number of nitrogens with zero attached hydrogens (tertiary/aromatic N) is 1. The summed E-state index contributed by atoms with van der Waals surface area (Å²) in [4.78, 5) is 2.59. The predicted octanol–water partition coefficient (Wildman–Crippen LogP) is 2.67. The number of aryl methyl sites for hydroxylation is 1. The zero-order valence-corrected chi connectivity index (χ0v) is 16.6. The summed E-state index contributed by atoms with van der Waals surface area (Å²) >= 11 is 1.92. The molecule has 1 fully saturated rings. The van der Waals surface area contributed by atoms with Crippen LogP contribution in [0.1, 0.15) is 17.2 Å². The molecule has 3 rings (SSSR count). The van der Waals surface area contributed by atoms with E-state index in [0.717, 1.165) is 30.2 Å². The number of hydrogen-bond acceptors (Lipinski definition) is 6. The van der Waals surface area contributed by atoms with Crippen molar-refractivity contribution in [1.29, 1.82) is 0 Å². The molecular weight excluding hydrogens is 372 g/mol. The lowest BCUT2D eigenvalue weighted by Gasteiger charge is -2.34. The Kier molecular flexibility index (Phi) is 6.29. The van der Waals surface area contributed by atoms with Gasteiger partial charge in [0.25, 0.3) is 0 Å². The summed E-state index contributed by atoms with van der Waals surface area (Å²) in [6.45, 7) is 3.94. The van der Waals surface area contributed by atoms with Gasteiger partial charge in [-0.1, -0.05) is 0 Å². The monoisotopic (exact) mass is 396 g/mol. The predicted molar refractivity (Wildman–Crippen MR) is 103 cm³/mol. The van der Waals surface area contributed by atoms with E-state index in [1.165, 1.54) is 0 Å². The highest BCUT2D eigenvalue weighted by molar-refractivity contribution is 7.99. The van der Waals surface area contributed by atoms with Gasteiger partial charge in [0.2, 0.25) is 10.0 Å². The van der Waals surface area contributed by atoms with E-state index in [1.54, 1.807) is 44.8 Å². The maximum absolute atomic E-state index is 12.8. The van der Waals surface area contributed by atoms with Crippen LogP contribution >= 0.6 is 11.8 Å². The van der Waals surface area contributed by atoms with Gasteiger partial charge < -0.3 is 9.15 Å². The minimum absolute atomic E-state index is 0.0389. The zero-order chi connectivity index (χ0) is 18.6. The fourth-order valence-corrected chi connectivity index (χ4v) is 5.32. The van der Waals surface area contributed by atoms with Crippen LogP contribution < -0.4 is 9.46 Å². The SMILES string of the molecule is COc1ccc(S(=O)(=O)NC[C@H](c2ccoc2)N2CCSCC2)c(C)c1. The Morgan fingerprint density at radius 2 is 2.08 bits per heavy atom. The largest absolute Gasteiger partial charge is 0.497 e. The smallest absolute Gasteiger partial charge is 0.240 e. The first-order chi connectivity index (χ1) is 12.5. The minimum Gasteiger partial charge on any atom is -0.497 e. The molecular formula is C18H24N2O4S2. The number of methoxy groups -OCH3 is 1. The van der Waals surface area contributed by atoms with Gasteiger partial charge in [-0.15, -0.1) is 0 Å². The number of thioether (sulfide) groups is 1. The molecule has 0 radical (unpaired) electrons. The van der Waals surface area contributed by atoms with E-state index in [9.17, 15) is 8.42 Å². The van der Waals surface area contributed by atoms with Crippen molar-refractivity contribution < 1.29 is 17.6 Å². The van der Waals surface area contributed by atoms with Crippen molar-refractivity contribution in [1.82, 2.24) is 9.62 Å². The van der Waals surface area contributed by atoms with Gasteiger partial charge >= 0.3 is 0 Å². The number of furan rings is 1. The molecule has 1 aliphatic heterocycles. The fourth-order valence-electron chi connectivity index (χ4n) is 3.13. The Morgan fingerprint density at radius 1 is 1.31 bits per heavy atom. The number of sulfonamides is 1. The molecule has 0 aliphatic carbocycles. The first-order valence-corrected chi connectivity index (χ1v) is 11.1. The van der Waals surface area contributed by atoms with E-state index in [0.29, 0.717) is 17.9 Å². The lowest BCUT2D eigenvalue weighted by atomic mass is 10.1. The standard InChI is InChI=1S/C18H24N2O4S2/c1-14-11-16(23-2)3-4-18(14)26(21,22)19-12-17(15-5-8-24-13-15)20-6-9-25-10-7-20/h3-5,8,11,13,17,19H,6-7,9-10,12H2,1-2H3/t17-/m1/s1. The van der Waals surface area contributed by atoms with Crippen molar-refractivity contribution >= 4 is 21.8 Å². The van der Waals surface area contributed by atoms with Crippen molar-refractivity contribution in [2.45, 2.75) is 17.9 Å². The van der Waals surface area contributed by atoms with Crippen LogP contribution in [-0.4, -0.2) is 51.6 Å². The van der Waals surface area contributed by atoms with Crippen LogP contribution in [0.15, 0.2) is 46.1 Å². The summed E-state index contributed by atoms with van der Waals surface area (Å²) in [6, 6.07) is 6.84. The Balaban J connectivity index is 1.77. The lowest BCUT2D eigenvalue weighted by molar-refractivity contribution is 0.218. The van der Waals surface area contributed by atoms with Crippen molar-refractivity contribution in [2.75, 3.05) is 38.2 Å². The van der Waals surface area contributed by atoms with Gasteiger partial charge in [-0.3, -0.25) is 4.90 Å². The first kappa shape index (κ1) is 19.3. The molecule has 1 N–H and O–H groups in total. The van der Waals surface area contributed by atoms with E-state index in [1.807, 2.05) is 17.8 Å². The quantitative estimate of drug-likeness (QED) is 0.776. The molecule has 26 heavy (non-hydrogen) atoms. The number of rotatable bonds is 7. The van der Waals surface area contributed by atoms with Crippen LogP contribution in [0, 0.1) is 6.92 Å². The molecule has 1 aromatic heterocycles. The highest BCUT2D eigenvalue weighted by atomic mass is 32.2. The summed E-state index contributed by atoms with van der Waals surface area (Å²) in [5, 5.41) is 0. The summed E-state index contributed by atoms with van der Waals surface area (Å²) in [6.07, 6.45) is 3.32. The second-order valence-corrected chi connectivity index (χ2v) is 9.16. The zero-order valence-electron chi connectivity index (χ0n) is 15.0. The number of benzene rings is 1. The number of ether oxygens (including phenoxy) is 1. The molecule has 0 saturated carbocycles. The van der Waals surface area contributed by atoms with Gasteiger partial charge in [-0.25, -0.2) is 13.1 Å². The van der Waals surface area contributed by atoms with Crippen molar-refractivity contribution in [3.05, 3.63) is 47.9 Å². The molecule has 0 spiro atoms. The van der Waals surface area contributed by atoms with Crippen LogP contribution in [-0.2, 0) is 10.0 Å². The van der Waals surface area contributed by atoms with Gasteiger partial charge in [-0.2, -0.15) is 11.8 Å². The summed E-state index contributed by atoms with van der Waals surface area (Å²) in [5.74, 6) is 2.75.